The Balaban J connectivity index is 1.64. The molecule has 0 radical (unpaired) electrons. The van der Waals surface area contributed by atoms with Crippen LogP contribution in [0.25, 0.3) is 11.3 Å². The van der Waals surface area contributed by atoms with Crippen molar-refractivity contribution in [2.24, 2.45) is 11.8 Å². The Kier molecular flexibility index (Phi) is 2.98. The number of aliphatic carboxylic acids is 1. The molecule has 1 aromatic heterocycles. The van der Waals surface area contributed by atoms with E-state index < -0.39 is 17.8 Å². The van der Waals surface area contributed by atoms with Crippen molar-refractivity contribution in [1.82, 2.24) is 9.97 Å². The second-order valence-corrected chi connectivity index (χ2v) is 4.82. The fraction of sp³-hybridized carbons (Fsp3) is 0.214. The van der Waals surface area contributed by atoms with Crippen molar-refractivity contribution in [2.75, 3.05) is 5.32 Å². The molecule has 1 aliphatic rings. The van der Waals surface area contributed by atoms with E-state index in [1.54, 1.807) is 24.7 Å². The molecule has 0 spiro atoms. The molecule has 1 amide bonds. The van der Waals surface area contributed by atoms with Gasteiger partial charge in [0.05, 0.1) is 30.1 Å². The van der Waals surface area contributed by atoms with Gasteiger partial charge in [0, 0.05) is 5.69 Å². The molecule has 2 atom stereocenters. The SMILES string of the molecule is O=C(O)C1CC1C(=O)Nc1ccc(-c2cnc[nH]2)cc1. The lowest BCUT2D eigenvalue weighted by molar-refractivity contribution is -0.139. The lowest BCUT2D eigenvalue weighted by atomic mass is 10.1. The maximum Gasteiger partial charge on any atom is 0.307 e. The van der Waals surface area contributed by atoms with Gasteiger partial charge < -0.3 is 15.4 Å². The van der Waals surface area contributed by atoms with Crippen LogP contribution in [0.2, 0.25) is 0 Å². The fourth-order valence-corrected chi connectivity index (χ4v) is 2.14. The number of carboxylic acid groups (broad SMARTS) is 1. The number of nitrogens with zero attached hydrogens (tertiary/aromatic N) is 1. The maximum atomic E-state index is 11.8. The first-order valence-electron chi connectivity index (χ1n) is 6.27. The van der Waals surface area contributed by atoms with Crippen LogP contribution in [0.5, 0.6) is 0 Å². The van der Waals surface area contributed by atoms with E-state index in [0.29, 0.717) is 12.1 Å². The van der Waals surface area contributed by atoms with Crippen LogP contribution >= 0.6 is 0 Å². The molecule has 3 N–H and O–H groups in total. The zero-order valence-corrected chi connectivity index (χ0v) is 10.5. The van der Waals surface area contributed by atoms with E-state index in [1.165, 1.54) is 0 Å². The average molecular weight is 271 g/mol. The summed E-state index contributed by atoms with van der Waals surface area (Å²) in [5.41, 5.74) is 2.53. The third kappa shape index (κ3) is 2.40. The molecule has 20 heavy (non-hydrogen) atoms. The standard InChI is InChI=1S/C14H13N3O3/c18-13(10-5-11(10)14(19)20)17-9-3-1-8(2-4-9)12-6-15-7-16-12/h1-4,6-7,10-11H,5H2,(H,15,16)(H,17,18)(H,19,20). The molecule has 1 heterocycles. The second-order valence-electron chi connectivity index (χ2n) is 4.82. The van der Waals surface area contributed by atoms with Gasteiger partial charge in [-0.15, -0.1) is 0 Å². The summed E-state index contributed by atoms with van der Waals surface area (Å²) < 4.78 is 0. The Bertz CT molecular complexity index is 634. The van der Waals surface area contributed by atoms with Crippen LogP contribution in [0.4, 0.5) is 5.69 Å². The number of carbonyl (C=O) groups is 2. The molecule has 6 nitrogen and oxygen atoms in total. The van der Waals surface area contributed by atoms with E-state index in [0.717, 1.165) is 11.3 Å². The van der Waals surface area contributed by atoms with Gasteiger partial charge in [-0.3, -0.25) is 9.59 Å². The van der Waals surface area contributed by atoms with Crippen molar-refractivity contribution < 1.29 is 14.7 Å². The smallest absolute Gasteiger partial charge is 0.307 e. The Hall–Kier alpha value is -2.63. The number of aromatic amines is 1. The van der Waals surface area contributed by atoms with E-state index in [1.807, 2.05) is 12.1 Å². The first-order valence-corrected chi connectivity index (χ1v) is 6.27. The van der Waals surface area contributed by atoms with Crippen molar-refractivity contribution in [3.8, 4) is 11.3 Å². The van der Waals surface area contributed by atoms with E-state index in [4.69, 9.17) is 5.11 Å². The third-order valence-electron chi connectivity index (χ3n) is 3.41. The maximum absolute atomic E-state index is 11.8. The summed E-state index contributed by atoms with van der Waals surface area (Å²) >= 11 is 0. The molecule has 6 heteroatoms. The van der Waals surface area contributed by atoms with Crippen molar-refractivity contribution >= 4 is 17.6 Å². The molecule has 1 aromatic carbocycles. The molecule has 2 aromatic rings. The fourth-order valence-electron chi connectivity index (χ4n) is 2.14. The minimum Gasteiger partial charge on any atom is -0.481 e. The molecular formula is C14H13N3O3. The number of aromatic nitrogens is 2. The van der Waals surface area contributed by atoms with Gasteiger partial charge in [-0.2, -0.15) is 0 Å². The number of carboxylic acids is 1. The zero-order chi connectivity index (χ0) is 14.1. The Morgan fingerprint density at radius 2 is 2.00 bits per heavy atom. The molecule has 3 rings (SSSR count). The summed E-state index contributed by atoms with van der Waals surface area (Å²) in [6.45, 7) is 0. The number of nitrogens with one attached hydrogen (secondary N) is 2. The number of rotatable bonds is 4. The lowest BCUT2D eigenvalue weighted by Gasteiger charge is -2.05. The van der Waals surface area contributed by atoms with Crippen molar-refractivity contribution in [2.45, 2.75) is 6.42 Å². The molecular weight excluding hydrogens is 258 g/mol. The van der Waals surface area contributed by atoms with Crippen molar-refractivity contribution in [3.05, 3.63) is 36.8 Å². The van der Waals surface area contributed by atoms with Gasteiger partial charge in [0.15, 0.2) is 0 Å². The second kappa shape index (κ2) is 4.80. The number of amides is 1. The van der Waals surface area contributed by atoms with E-state index in [9.17, 15) is 9.59 Å². The largest absolute Gasteiger partial charge is 0.481 e. The summed E-state index contributed by atoms with van der Waals surface area (Å²) in [5, 5.41) is 11.5. The van der Waals surface area contributed by atoms with Crippen LogP contribution < -0.4 is 5.32 Å². The average Bonchev–Trinajstić information content (AvgIpc) is 3.07. The molecule has 0 aliphatic heterocycles. The molecule has 102 valence electrons. The van der Waals surface area contributed by atoms with Gasteiger partial charge in [-0.1, -0.05) is 12.1 Å². The number of hydrogen-bond acceptors (Lipinski definition) is 3. The first kappa shape index (κ1) is 12.4. The monoisotopic (exact) mass is 271 g/mol. The van der Waals surface area contributed by atoms with Crippen LogP contribution in [-0.2, 0) is 9.59 Å². The summed E-state index contributed by atoms with van der Waals surface area (Å²) in [5.74, 6) is -2.06. The van der Waals surface area contributed by atoms with Crippen molar-refractivity contribution in [3.63, 3.8) is 0 Å². The van der Waals surface area contributed by atoms with Gasteiger partial charge in [0.1, 0.15) is 0 Å². The molecule has 1 fully saturated rings. The van der Waals surface area contributed by atoms with E-state index >= 15 is 0 Å². The normalized spacial score (nSPS) is 20.4. The number of hydrogen-bond donors (Lipinski definition) is 3. The van der Waals surface area contributed by atoms with Crippen molar-refractivity contribution in [1.29, 1.82) is 0 Å². The summed E-state index contributed by atoms with van der Waals surface area (Å²) in [4.78, 5) is 29.5. The highest BCUT2D eigenvalue weighted by atomic mass is 16.4. The number of imidazole rings is 1. The van der Waals surface area contributed by atoms with Crippen LogP contribution in [0.3, 0.4) is 0 Å². The first-order chi connectivity index (χ1) is 9.65. The van der Waals surface area contributed by atoms with Crippen LogP contribution in [0.1, 0.15) is 6.42 Å². The molecule has 2 unspecified atom stereocenters. The summed E-state index contributed by atoms with van der Waals surface area (Å²) in [6.07, 6.45) is 3.74. The third-order valence-corrected chi connectivity index (χ3v) is 3.41. The van der Waals surface area contributed by atoms with Gasteiger partial charge in [0.2, 0.25) is 5.91 Å². The van der Waals surface area contributed by atoms with Gasteiger partial charge in [-0.25, -0.2) is 4.98 Å². The topological polar surface area (TPSA) is 95.1 Å². The number of anilines is 1. The molecule has 0 bridgehead atoms. The quantitative estimate of drug-likeness (QED) is 0.789. The minimum absolute atomic E-state index is 0.230. The molecule has 1 aliphatic carbocycles. The Morgan fingerprint density at radius 3 is 2.55 bits per heavy atom. The van der Waals surface area contributed by atoms with E-state index in [-0.39, 0.29) is 5.91 Å². The van der Waals surface area contributed by atoms with Gasteiger partial charge in [0.25, 0.3) is 0 Å². The van der Waals surface area contributed by atoms with Crippen LogP contribution in [-0.4, -0.2) is 27.0 Å². The summed E-state index contributed by atoms with van der Waals surface area (Å²) in [7, 11) is 0. The predicted octanol–water partition coefficient (Wildman–Crippen LogP) is 1.74. The highest BCUT2D eigenvalue weighted by Crippen LogP contribution is 2.39. The zero-order valence-electron chi connectivity index (χ0n) is 10.5. The molecule has 0 saturated heterocycles. The number of H-pyrrole nitrogens is 1. The number of carbonyl (C=O) groups excluding carboxylic acids is 1. The van der Waals surface area contributed by atoms with Crippen LogP contribution in [0.15, 0.2) is 36.8 Å². The summed E-state index contributed by atoms with van der Waals surface area (Å²) in [6, 6.07) is 7.30. The Labute approximate surface area is 114 Å². The predicted molar refractivity (Wildman–Crippen MR) is 71.9 cm³/mol. The van der Waals surface area contributed by atoms with Gasteiger partial charge >= 0.3 is 5.97 Å². The Morgan fingerprint density at radius 1 is 1.25 bits per heavy atom. The minimum atomic E-state index is -0.903. The van der Waals surface area contributed by atoms with Gasteiger partial charge in [-0.05, 0) is 24.1 Å². The highest BCUT2D eigenvalue weighted by Gasteiger charge is 2.48. The van der Waals surface area contributed by atoms with E-state index in [2.05, 4.69) is 15.3 Å². The van der Waals surface area contributed by atoms with Crippen LogP contribution in [0, 0.1) is 11.8 Å². The highest BCUT2D eigenvalue weighted by molar-refractivity contribution is 5.98. The molecule has 1 saturated carbocycles. The number of benzene rings is 1. The lowest BCUT2D eigenvalue weighted by Crippen LogP contribution is -2.16.